The molecule has 1 aliphatic heterocycles. The van der Waals surface area contributed by atoms with E-state index in [1.54, 1.807) is 13.3 Å². The summed E-state index contributed by atoms with van der Waals surface area (Å²) in [6, 6.07) is 2.52. The standard InChI is InChI=1S/C12H21N5O/c1-13-10-4-7-17(9-10)11-3-5-14-12(16-11)15-6-8-18-2/h3,5,10,13H,4,6-9H2,1-2H3,(H,14,15,16)/t10-/m1/s1. The Morgan fingerprint density at radius 1 is 1.56 bits per heavy atom. The van der Waals surface area contributed by atoms with Gasteiger partial charge in [0.2, 0.25) is 5.95 Å². The summed E-state index contributed by atoms with van der Waals surface area (Å²) in [6.07, 6.45) is 2.96. The van der Waals surface area contributed by atoms with Crippen molar-refractivity contribution in [3.63, 3.8) is 0 Å². The number of likely N-dealkylation sites (N-methyl/N-ethyl adjacent to an activating group) is 1. The van der Waals surface area contributed by atoms with Crippen LogP contribution in [-0.2, 0) is 4.74 Å². The lowest BCUT2D eigenvalue weighted by Crippen LogP contribution is -2.30. The summed E-state index contributed by atoms with van der Waals surface area (Å²) in [5.41, 5.74) is 0. The second-order valence-corrected chi connectivity index (χ2v) is 4.38. The summed E-state index contributed by atoms with van der Waals surface area (Å²) < 4.78 is 4.99. The first-order chi connectivity index (χ1) is 8.83. The predicted molar refractivity (Wildman–Crippen MR) is 72.1 cm³/mol. The van der Waals surface area contributed by atoms with E-state index in [4.69, 9.17) is 4.74 Å². The molecule has 0 bridgehead atoms. The first-order valence-corrected chi connectivity index (χ1v) is 6.31. The molecule has 1 saturated heterocycles. The van der Waals surface area contributed by atoms with Crippen molar-refractivity contribution >= 4 is 11.8 Å². The lowest BCUT2D eigenvalue weighted by molar-refractivity contribution is 0.210. The van der Waals surface area contributed by atoms with Crippen LogP contribution < -0.4 is 15.5 Å². The molecule has 18 heavy (non-hydrogen) atoms. The summed E-state index contributed by atoms with van der Waals surface area (Å²) in [6.45, 7) is 3.42. The van der Waals surface area contributed by atoms with Crippen LogP contribution in [0.2, 0.25) is 0 Å². The second-order valence-electron chi connectivity index (χ2n) is 4.38. The van der Waals surface area contributed by atoms with Crippen LogP contribution in [0.1, 0.15) is 6.42 Å². The van der Waals surface area contributed by atoms with Gasteiger partial charge in [-0.25, -0.2) is 4.98 Å². The number of rotatable bonds is 6. The topological polar surface area (TPSA) is 62.3 Å². The third-order valence-electron chi connectivity index (χ3n) is 3.15. The number of hydrogen-bond acceptors (Lipinski definition) is 6. The van der Waals surface area contributed by atoms with Gasteiger partial charge in [-0.3, -0.25) is 0 Å². The average molecular weight is 251 g/mol. The van der Waals surface area contributed by atoms with E-state index in [2.05, 4.69) is 25.5 Å². The Morgan fingerprint density at radius 2 is 2.44 bits per heavy atom. The van der Waals surface area contributed by atoms with Gasteiger partial charge in [-0.15, -0.1) is 0 Å². The molecule has 0 aliphatic carbocycles. The number of hydrogen-bond donors (Lipinski definition) is 2. The van der Waals surface area contributed by atoms with Crippen LogP contribution in [0.25, 0.3) is 0 Å². The second kappa shape index (κ2) is 6.51. The van der Waals surface area contributed by atoms with Crippen molar-refractivity contribution in [3.05, 3.63) is 12.3 Å². The molecule has 1 atom stereocenters. The summed E-state index contributed by atoms with van der Waals surface area (Å²) in [5, 5.41) is 6.45. The number of aromatic nitrogens is 2. The normalized spacial score (nSPS) is 19.2. The van der Waals surface area contributed by atoms with Crippen LogP contribution in [0.5, 0.6) is 0 Å². The summed E-state index contributed by atoms with van der Waals surface area (Å²) in [4.78, 5) is 11.0. The van der Waals surface area contributed by atoms with Crippen LogP contribution >= 0.6 is 0 Å². The highest BCUT2D eigenvalue weighted by Gasteiger charge is 2.22. The van der Waals surface area contributed by atoms with Crippen molar-refractivity contribution < 1.29 is 4.74 Å². The van der Waals surface area contributed by atoms with Gasteiger partial charge in [-0.05, 0) is 19.5 Å². The highest BCUT2D eigenvalue weighted by Crippen LogP contribution is 2.18. The third-order valence-corrected chi connectivity index (χ3v) is 3.15. The van der Waals surface area contributed by atoms with Crippen molar-refractivity contribution in [1.29, 1.82) is 0 Å². The van der Waals surface area contributed by atoms with Crippen molar-refractivity contribution in [2.24, 2.45) is 0 Å². The fourth-order valence-corrected chi connectivity index (χ4v) is 2.08. The molecule has 1 aromatic heterocycles. The van der Waals surface area contributed by atoms with Crippen LogP contribution in [0.15, 0.2) is 12.3 Å². The van der Waals surface area contributed by atoms with Gasteiger partial charge in [-0.1, -0.05) is 0 Å². The molecule has 1 aromatic rings. The number of anilines is 2. The molecule has 0 aromatic carbocycles. The summed E-state index contributed by atoms with van der Waals surface area (Å²) >= 11 is 0. The largest absolute Gasteiger partial charge is 0.383 e. The molecule has 0 amide bonds. The third kappa shape index (κ3) is 3.30. The van der Waals surface area contributed by atoms with Crippen molar-refractivity contribution in [1.82, 2.24) is 15.3 Å². The molecule has 6 nitrogen and oxygen atoms in total. The van der Waals surface area contributed by atoms with Crippen LogP contribution in [0.3, 0.4) is 0 Å². The Balaban J connectivity index is 1.94. The maximum Gasteiger partial charge on any atom is 0.224 e. The minimum atomic E-state index is 0.560. The molecule has 1 aliphatic rings. The monoisotopic (exact) mass is 251 g/mol. The average Bonchev–Trinajstić information content (AvgIpc) is 2.88. The van der Waals surface area contributed by atoms with Gasteiger partial charge >= 0.3 is 0 Å². The van der Waals surface area contributed by atoms with E-state index >= 15 is 0 Å². The summed E-state index contributed by atoms with van der Waals surface area (Å²) in [5.74, 6) is 1.65. The quantitative estimate of drug-likeness (QED) is 0.711. The van der Waals surface area contributed by atoms with Gasteiger partial charge < -0.3 is 20.3 Å². The smallest absolute Gasteiger partial charge is 0.224 e. The van der Waals surface area contributed by atoms with Crippen LogP contribution in [0, 0.1) is 0 Å². The minimum absolute atomic E-state index is 0.560. The van der Waals surface area contributed by atoms with E-state index in [-0.39, 0.29) is 0 Å². The molecule has 0 radical (unpaired) electrons. The van der Waals surface area contributed by atoms with E-state index in [9.17, 15) is 0 Å². The molecule has 0 unspecified atom stereocenters. The Kier molecular flexibility index (Phi) is 4.72. The number of nitrogens with zero attached hydrogens (tertiary/aromatic N) is 3. The SMILES string of the molecule is CN[C@@H]1CCN(c2ccnc(NCCOC)n2)C1. The van der Waals surface area contributed by atoms with Crippen molar-refractivity contribution in [2.45, 2.75) is 12.5 Å². The van der Waals surface area contributed by atoms with E-state index in [0.717, 1.165) is 31.9 Å². The Labute approximate surface area is 108 Å². The van der Waals surface area contributed by atoms with Gasteiger partial charge in [0.15, 0.2) is 0 Å². The zero-order valence-electron chi connectivity index (χ0n) is 11.0. The molecule has 0 spiro atoms. The maximum atomic E-state index is 4.99. The minimum Gasteiger partial charge on any atom is -0.383 e. The predicted octanol–water partition coefficient (Wildman–Crippen LogP) is 0.333. The molecular weight excluding hydrogens is 230 g/mol. The number of nitrogens with one attached hydrogen (secondary N) is 2. The summed E-state index contributed by atoms with van der Waals surface area (Å²) in [7, 11) is 3.69. The zero-order chi connectivity index (χ0) is 12.8. The van der Waals surface area contributed by atoms with E-state index in [1.165, 1.54) is 0 Å². The molecule has 2 rings (SSSR count). The van der Waals surface area contributed by atoms with Crippen molar-refractivity contribution in [3.8, 4) is 0 Å². The molecule has 6 heteroatoms. The number of ether oxygens (including phenoxy) is 1. The van der Waals surface area contributed by atoms with Gasteiger partial charge in [0.25, 0.3) is 0 Å². The molecule has 100 valence electrons. The highest BCUT2D eigenvalue weighted by atomic mass is 16.5. The Bertz CT molecular complexity index is 373. The molecular formula is C12H21N5O. The van der Waals surface area contributed by atoms with Crippen molar-refractivity contribution in [2.75, 3.05) is 50.6 Å². The lowest BCUT2D eigenvalue weighted by Gasteiger charge is -2.17. The first kappa shape index (κ1) is 13.0. The number of methoxy groups -OCH3 is 1. The molecule has 0 saturated carbocycles. The van der Waals surface area contributed by atoms with Gasteiger partial charge in [0, 0.05) is 39.0 Å². The highest BCUT2D eigenvalue weighted by molar-refractivity contribution is 5.43. The van der Waals surface area contributed by atoms with E-state index in [0.29, 0.717) is 18.6 Å². The van der Waals surface area contributed by atoms with E-state index in [1.807, 2.05) is 13.1 Å². The van der Waals surface area contributed by atoms with Crippen LogP contribution in [-0.4, -0.2) is 56.4 Å². The fourth-order valence-electron chi connectivity index (χ4n) is 2.08. The molecule has 1 fully saturated rings. The Hall–Kier alpha value is -1.40. The lowest BCUT2D eigenvalue weighted by atomic mass is 10.3. The van der Waals surface area contributed by atoms with E-state index < -0.39 is 0 Å². The van der Waals surface area contributed by atoms with Gasteiger partial charge in [0.05, 0.1) is 6.61 Å². The zero-order valence-corrected chi connectivity index (χ0v) is 11.0. The maximum absolute atomic E-state index is 4.99. The fraction of sp³-hybridized carbons (Fsp3) is 0.667. The van der Waals surface area contributed by atoms with Gasteiger partial charge in [-0.2, -0.15) is 4.98 Å². The molecule has 2 heterocycles. The van der Waals surface area contributed by atoms with Crippen LogP contribution in [0.4, 0.5) is 11.8 Å². The van der Waals surface area contributed by atoms with Gasteiger partial charge in [0.1, 0.15) is 5.82 Å². The first-order valence-electron chi connectivity index (χ1n) is 6.31. The Morgan fingerprint density at radius 3 is 3.17 bits per heavy atom. The molecule has 2 N–H and O–H groups in total.